The summed E-state index contributed by atoms with van der Waals surface area (Å²) in [5.74, 6) is 0. The lowest BCUT2D eigenvalue weighted by atomic mass is 10.3. The average molecular weight is 297 g/mol. The summed E-state index contributed by atoms with van der Waals surface area (Å²) in [6.45, 7) is 0. The lowest BCUT2D eigenvalue weighted by Crippen LogP contribution is -2.23. The molecule has 0 aliphatic heterocycles. The van der Waals surface area contributed by atoms with Crippen molar-refractivity contribution in [3.63, 3.8) is 0 Å². The van der Waals surface area contributed by atoms with Crippen molar-refractivity contribution in [3.8, 4) is 0 Å². The van der Waals surface area contributed by atoms with Gasteiger partial charge in [0.25, 0.3) is 9.84 Å². The van der Waals surface area contributed by atoms with Crippen molar-refractivity contribution >= 4 is 26.6 Å². The van der Waals surface area contributed by atoms with Gasteiger partial charge < -0.3 is 0 Å². The monoisotopic (exact) mass is 297 g/mol. The van der Waals surface area contributed by atoms with Crippen LogP contribution in [-0.4, -0.2) is 29.2 Å². The first-order valence-corrected chi connectivity index (χ1v) is 5.85. The molecule has 0 aliphatic rings. The molecule has 102 valence electrons. The van der Waals surface area contributed by atoms with Crippen molar-refractivity contribution < 1.29 is 31.1 Å². The molecule has 12 heteroatoms. The molecular weight excluding hydrogens is 295 g/mol. The molecule has 1 heterocycles. The number of aromatic nitrogens is 2. The van der Waals surface area contributed by atoms with Gasteiger partial charge in [0.05, 0.1) is 9.82 Å². The Balaban J connectivity index is 2.80. The van der Waals surface area contributed by atoms with Gasteiger partial charge in [0.1, 0.15) is 5.52 Å². The van der Waals surface area contributed by atoms with Crippen molar-refractivity contribution in [2.75, 3.05) is 0 Å². The topological polar surface area (TPSA) is 116 Å². The fraction of sp³-hybridized carbons (Fsp3) is 0.143. The van der Waals surface area contributed by atoms with E-state index in [1.807, 2.05) is 0 Å². The second-order valence-electron chi connectivity index (χ2n) is 3.28. The minimum atomic E-state index is -5.72. The summed E-state index contributed by atoms with van der Waals surface area (Å²) in [4.78, 5) is 8.28. The van der Waals surface area contributed by atoms with Gasteiger partial charge in [0, 0.05) is 6.07 Å². The average Bonchev–Trinajstić information content (AvgIpc) is 2.73. The van der Waals surface area contributed by atoms with Crippen LogP contribution in [0.4, 0.5) is 18.9 Å². The van der Waals surface area contributed by atoms with E-state index in [0.29, 0.717) is 6.07 Å². The van der Waals surface area contributed by atoms with E-state index in [-0.39, 0.29) is 6.07 Å². The first-order valence-electron chi connectivity index (χ1n) is 4.36. The van der Waals surface area contributed by atoms with Crippen LogP contribution in [0, 0.1) is 10.1 Å². The number of sulfone groups is 1. The molecule has 19 heavy (non-hydrogen) atoms. The minimum absolute atomic E-state index is 0.259. The Morgan fingerprint density at radius 1 is 1.26 bits per heavy atom. The van der Waals surface area contributed by atoms with E-state index in [9.17, 15) is 31.7 Å². The van der Waals surface area contributed by atoms with Crippen LogP contribution < -0.4 is 0 Å². The predicted molar refractivity (Wildman–Crippen MR) is 51.7 cm³/mol. The number of rotatable bonds is 2. The number of hydrogen-bond donors (Lipinski definition) is 0. The molecule has 0 atom stereocenters. The second-order valence-corrected chi connectivity index (χ2v) is 5.22. The van der Waals surface area contributed by atoms with Crippen LogP contribution >= 0.6 is 0 Å². The predicted octanol–water partition coefficient (Wildman–Crippen LogP) is 1.42. The molecule has 0 bridgehead atoms. The molecule has 0 saturated heterocycles. The van der Waals surface area contributed by atoms with Crippen LogP contribution in [0.2, 0.25) is 0 Å². The zero-order chi connectivity index (χ0) is 14.4. The third kappa shape index (κ3) is 1.99. The number of benzene rings is 1. The molecule has 1 aromatic carbocycles. The normalized spacial score (nSPS) is 12.8. The molecular formula is C7H2F3N3O5S. The SMILES string of the molecule is O=[N+]([O-])c1cc(S(=O)(=O)C(F)(F)F)cc2nonc12. The number of nitrogens with zero attached hydrogens (tertiary/aromatic N) is 3. The molecule has 0 fully saturated rings. The molecule has 0 spiro atoms. The van der Waals surface area contributed by atoms with Crippen LogP contribution in [-0.2, 0) is 9.84 Å². The van der Waals surface area contributed by atoms with Crippen LogP contribution in [0.3, 0.4) is 0 Å². The number of fused-ring (bicyclic) bond motifs is 1. The highest BCUT2D eigenvalue weighted by molar-refractivity contribution is 7.92. The standard InChI is InChI=1S/C7H2F3N3O5S/c8-7(9,10)19(16,17)3-1-4-6(12-18-11-4)5(2-3)13(14)15/h1-2H. The smallest absolute Gasteiger partial charge is 0.258 e. The van der Waals surface area contributed by atoms with Crippen molar-refractivity contribution in [1.82, 2.24) is 10.3 Å². The second kappa shape index (κ2) is 3.88. The third-order valence-electron chi connectivity index (χ3n) is 2.13. The van der Waals surface area contributed by atoms with E-state index < -0.39 is 41.9 Å². The Hall–Kier alpha value is -2.24. The number of alkyl halides is 3. The van der Waals surface area contributed by atoms with E-state index in [4.69, 9.17) is 0 Å². The van der Waals surface area contributed by atoms with Crippen molar-refractivity contribution in [2.45, 2.75) is 10.4 Å². The van der Waals surface area contributed by atoms with Gasteiger partial charge >= 0.3 is 11.2 Å². The number of hydrogen-bond acceptors (Lipinski definition) is 7. The molecule has 0 unspecified atom stereocenters. The summed E-state index contributed by atoms with van der Waals surface area (Å²) in [6, 6.07) is 0.761. The van der Waals surface area contributed by atoms with Crippen LogP contribution in [0.5, 0.6) is 0 Å². The zero-order valence-electron chi connectivity index (χ0n) is 8.58. The molecule has 0 saturated carbocycles. The van der Waals surface area contributed by atoms with Crippen molar-refractivity contribution in [2.24, 2.45) is 0 Å². The third-order valence-corrected chi connectivity index (χ3v) is 3.59. The van der Waals surface area contributed by atoms with Gasteiger partial charge in [0.2, 0.25) is 5.52 Å². The van der Waals surface area contributed by atoms with Crippen molar-refractivity contribution in [3.05, 3.63) is 22.2 Å². The maximum absolute atomic E-state index is 12.4. The number of halogens is 3. The number of non-ortho nitro benzene ring substituents is 1. The van der Waals surface area contributed by atoms with Gasteiger partial charge in [-0.15, -0.1) is 0 Å². The summed E-state index contributed by atoms with van der Waals surface area (Å²) in [5.41, 5.74) is -7.42. The highest BCUT2D eigenvalue weighted by atomic mass is 32.2. The molecule has 0 N–H and O–H groups in total. The molecule has 2 rings (SSSR count). The van der Waals surface area contributed by atoms with Gasteiger partial charge in [-0.2, -0.15) is 13.2 Å². The van der Waals surface area contributed by atoms with Gasteiger partial charge in [-0.1, -0.05) is 0 Å². The van der Waals surface area contributed by atoms with Gasteiger partial charge in [-0.25, -0.2) is 13.0 Å². The first kappa shape index (κ1) is 13.2. The van der Waals surface area contributed by atoms with E-state index >= 15 is 0 Å². The van der Waals surface area contributed by atoms with Crippen LogP contribution in [0.25, 0.3) is 11.0 Å². The number of nitro benzene ring substituents is 1. The van der Waals surface area contributed by atoms with Gasteiger partial charge in [-0.05, 0) is 16.4 Å². The van der Waals surface area contributed by atoms with E-state index in [2.05, 4.69) is 14.9 Å². The van der Waals surface area contributed by atoms with Gasteiger partial charge in [0.15, 0.2) is 0 Å². The maximum Gasteiger partial charge on any atom is 0.501 e. The fourth-order valence-electron chi connectivity index (χ4n) is 1.28. The Kier molecular flexibility index (Phi) is 2.69. The molecule has 1 aromatic heterocycles. The van der Waals surface area contributed by atoms with E-state index in [0.717, 1.165) is 0 Å². The Bertz CT molecular complexity index is 766. The molecule has 0 radical (unpaired) electrons. The highest BCUT2D eigenvalue weighted by Gasteiger charge is 2.47. The largest absolute Gasteiger partial charge is 0.501 e. The molecule has 0 aliphatic carbocycles. The van der Waals surface area contributed by atoms with Gasteiger partial charge in [-0.3, -0.25) is 10.1 Å². The molecule has 8 nitrogen and oxygen atoms in total. The summed E-state index contributed by atoms with van der Waals surface area (Å²) >= 11 is 0. The summed E-state index contributed by atoms with van der Waals surface area (Å²) in [7, 11) is -5.72. The summed E-state index contributed by atoms with van der Waals surface area (Å²) < 4.78 is 63.5. The Labute approximate surface area is 101 Å². The van der Waals surface area contributed by atoms with Crippen LogP contribution in [0.1, 0.15) is 0 Å². The Morgan fingerprint density at radius 3 is 2.42 bits per heavy atom. The molecule has 0 amide bonds. The lowest BCUT2D eigenvalue weighted by Gasteiger charge is -2.07. The minimum Gasteiger partial charge on any atom is -0.258 e. The Morgan fingerprint density at radius 2 is 1.89 bits per heavy atom. The quantitative estimate of drug-likeness (QED) is 0.607. The van der Waals surface area contributed by atoms with Crippen LogP contribution in [0.15, 0.2) is 21.7 Å². The van der Waals surface area contributed by atoms with Crippen molar-refractivity contribution in [1.29, 1.82) is 0 Å². The lowest BCUT2D eigenvalue weighted by molar-refractivity contribution is -0.383. The fourth-order valence-corrected chi connectivity index (χ4v) is 2.08. The first-order chi connectivity index (χ1) is 8.64. The summed E-state index contributed by atoms with van der Waals surface area (Å²) in [6.07, 6.45) is 0. The molecule has 2 aromatic rings. The zero-order valence-corrected chi connectivity index (χ0v) is 9.40. The number of nitro groups is 1. The summed E-state index contributed by atoms with van der Waals surface area (Å²) in [5, 5.41) is 16.9. The van der Waals surface area contributed by atoms with E-state index in [1.54, 1.807) is 0 Å². The highest BCUT2D eigenvalue weighted by Crippen LogP contribution is 2.34. The maximum atomic E-state index is 12.4. The van der Waals surface area contributed by atoms with E-state index in [1.165, 1.54) is 0 Å².